The lowest BCUT2D eigenvalue weighted by molar-refractivity contribution is 0.190. The van der Waals surface area contributed by atoms with Crippen LogP contribution in [0.5, 0.6) is 0 Å². The number of hydrogen-bond donors (Lipinski definition) is 8. The summed E-state index contributed by atoms with van der Waals surface area (Å²) in [7, 11) is -13.6. The standard InChI is InChI=1S/C26H27FN6O4S.2C25H26F2N6O3S.C24H24F2N6O3S/c1-15(2)38(34,35)19-6-4-17(5-7-19)22-13-30-24(28)23(31-22)26-33-32-25(37-26)20-8-3-16(11-21(20)27)12-29-18-9-10-36-14-18;2*1-14(2)37(34,35)18-7-5-17(6-8-18)21-13-30-23(28)22(31-21)25-33-32-24(36-25)19-9-4-16(10-20(19)27)12-29-11-15(3)26;1-14(2)36(33,34)17-6-4-16(5-7-17)20-13-29-22(27)21(30-20)24-32-31-23(35-24)18-8-3-15(11-19(18)26)12-28-10-9-25/h3-8,11,13,15,18,29H,9-10,12,14H2,1-2H3,(H2,28,30);2*4-10,13-15,29H,11-12H2,1-3H3,(H2,28,30);3-8,11,13-14,28H,9-10,12H2,1-2H3,(H2,27,29)/t18-;15-;;/m01../s1. The fourth-order valence-corrected chi connectivity index (χ4v) is 18.5. The van der Waals surface area contributed by atoms with Crippen LogP contribution in [0.1, 0.15) is 97.9 Å². The van der Waals surface area contributed by atoms with Gasteiger partial charge in [0.05, 0.1) is 117 Å². The van der Waals surface area contributed by atoms with E-state index < -0.39 is 103 Å². The molecule has 0 radical (unpaired) electrons. The summed E-state index contributed by atoms with van der Waals surface area (Å²) >= 11 is 0. The number of benzene rings is 8. The quantitative estimate of drug-likeness (QED) is 0.0135. The molecule has 148 heavy (non-hydrogen) atoms. The molecule has 12 N–H and O–H groups in total. The Kier molecular flexibility index (Phi) is 35.0. The van der Waals surface area contributed by atoms with E-state index in [1.807, 2.05) is 0 Å². The van der Waals surface area contributed by atoms with Crippen LogP contribution in [-0.2, 0) is 70.3 Å². The molecule has 8 aromatic carbocycles. The Morgan fingerprint density at radius 1 is 0.338 bits per heavy atom. The van der Waals surface area contributed by atoms with Gasteiger partial charge in [-0.15, -0.1) is 40.8 Å². The van der Waals surface area contributed by atoms with Crippen molar-refractivity contribution >= 4 is 62.6 Å². The Morgan fingerprint density at radius 2 is 0.581 bits per heavy atom. The molecule has 0 bridgehead atoms. The van der Waals surface area contributed by atoms with E-state index in [4.69, 9.17) is 45.3 Å². The Hall–Kier alpha value is -15.1. The summed E-state index contributed by atoms with van der Waals surface area (Å²) in [5.74, 6) is -2.48. The topological polar surface area (TPSA) is 557 Å². The van der Waals surface area contributed by atoms with Gasteiger partial charge in [0.1, 0.15) is 42.3 Å². The highest BCUT2D eigenvalue weighted by atomic mass is 32.2. The summed E-state index contributed by atoms with van der Waals surface area (Å²) in [6.07, 6.45) is 4.72. The van der Waals surface area contributed by atoms with E-state index in [0.29, 0.717) is 94.5 Å². The van der Waals surface area contributed by atoms with Crippen molar-refractivity contribution in [2.24, 2.45) is 0 Å². The summed E-state index contributed by atoms with van der Waals surface area (Å²) in [6.45, 7) is 18.7. The van der Waals surface area contributed by atoms with Gasteiger partial charge >= 0.3 is 0 Å². The fourth-order valence-electron chi connectivity index (χ4n) is 14.3. The first kappa shape index (κ1) is 109. The van der Waals surface area contributed by atoms with Gasteiger partial charge < -0.3 is 66.6 Å². The van der Waals surface area contributed by atoms with Crippen LogP contribution in [0.25, 0.3) is 137 Å². The molecule has 774 valence electrons. The summed E-state index contributed by atoms with van der Waals surface area (Å²) in [4.78, 5) is 35.3. The molecule has 1 aliphatic heterocycles. The van der Waals surface area contributed by atoms with Gasteiger partial charge in [-0.3, -0.25) is 0 Å². The maximum Gasteiger partial charge on any atom is 0.270 e. The normalized spacial score (nSPS) is 13.3. The summed E-state index contributed by atoms with van der Waals surface area (Å²) in [5.41, 5.74) is 31.7. The number of halogens is 7. The molecule has 1 saturated heterocycles. The van der Waals surface area contributed by atoms with Gasteiger partial charge in [0, 0.05) is 80.7 Å². The van der Waals surface area contributed by atoms with Gasteiger partial charge in [-0.25, -0.2) is 104 Å². The molecular weight excluding hydrogens is 2010 g/mol. The van der Waals surface area contributed by atoms with Gasteiger partial charge in [0.2, 0.25) is 0 Å². The van der Waals surface area contributed by atoms with Gasteiger partial charge in [-0.2, -0.15) is 0 Å². The van der Waals surface area contributed by atoms with Crippen molar-refractivity contribution in [2.45, 2.75) is 161 Å². The lowest BCUT2D eigenvalue weighted by atomic mass is 10.1. The van der Waals surface area contributed by atoms with Crippen molar-refractivity contribution < 1.29 is 86.8 Å². The van der Waals surface area contributed by atoms with E-state index in [9.17, 15) is 64.4 Å². The molecule has 9 heterocycles. The smallest absolute Gasteiger partial charge is 0.270 e. The molecule has 3 atom stereocenters. The maximum absolute atomic E-state index is 14.9. The number of nitrogen functional groups attached to an aromatic ring is 4. The van der Waals surface area contributed by atoms with Crippen molar-refractivity contribution in [3.8, 4) is 137 Å². The number of nitrogens with one attached hydrogen (secondary N) is 4. The Labute approximate surface area is 846 Å². The van der Waals surface area contributed by atoms with Crippen molar-refractivity contribution in [3.63, 3.8) is 0 Å². The molecule has 1 unspecified atom stereocenters. The molecule has 0 aliphatic carbocycles. The highest BCUT2D eigenvalue weighted by Gasteiger charge is 2.30. The second-order valence-electron chi connectivity index (χ2n) is 35.0. The predicted octanol–water partition coefficient (Wildman–Crippen LogP) is 15.9. The number of aromatic nitrogens is 16. The minimum atomic E-state index is -3.41. The van der Waals surface area contributed by atoms with E-state index in [1.165, 1.54) is 130 Å². The monoisotopic (exact) mass is 2110 g/mol. The van der Waals surface area contributed by atoms with Crippen molar-refractivity contribution in [3.05, 3.63) is 240 Å². The Bertz CT molecular complexity index is 7640. The molecule has 1 aliphatic rings. The van der Waals surface area contributed by atoms with Crippen molar-refractivity contribution in [1.82, 2.24) is 102 Å². The van der Waals surface area contributed by atoms with Crippen LogP contribution in [0.15, 0.2) is 232 Å². The highest BCUT2D eigenvalue weighted by Crippen LogP contribution is 2.38. The molecule has 16 aromatic rings. The number of sulfone groups is 4. The molecule has 8 aromatic heterocycles. The number of nitrogens with zero attached hydrogens (tertiary/aromatic N) is 16. The SMILES string of the molecule is CC(C)S(=O)(=O)c1ccc(-c2cnc(N)c(-c3nnc(-c4ccc(CNCCF)cc4F)o3)n2)cc1.CC(C)S(=O)(=O)c1ccc(-c2cnc(N)c(-c3nnc(-c4ccc(CNC[C@@H](C)F)cc4F)o3)n2)cc1.CC(C)S(=O)(=O)c1ccc(-c2cnc(N)c(-c3nnc(-c4ccc(CN[C@H]5CCOC5)cc4F)o3)n2)cc1.CC(F)CNCc1ccc(-c2nnc(-c3nc(-c4ccc(S(=O)(=O)C(C)C)cc4)cnc3N)o2)c(F)c1. The third-order valence-corrected chi connectivity index (χ3v) is 31.5. The van der Waals surface area contributed by atoms with E-state index in [-0.39, 0.29) is 161 Å². The Balaban J connectivity index is 0.000000156. The number of ether oxygens (including phenoxy) is 1. The minimum absolute atomic E-state index is 0.0165. The molecule has 48 heteroatoms. The molecule has 37 nitrogen and oxygen atoms in total. The molecule has 0 spiro atoms. The van der Waals surface area contributed by atoms with Gasteiger partial charge in [-0.05, 0) is 195 Å². The van der Waals surface area contributed by atoms with Crippen LogP contribution < -0.4 is 44.2 Å². The molecular formula is C100H103F7N24O13S4. The molecule has 17 rings (SSSR count). The predicted molar refractivity (Wildman–Crippen MR) is 540 cm³/mol. The first-order chi connectivity index (χ1) is 70.5. The lowest BCUT2D eigenvalue weighted by Gasteiger charge is -2.10. The molecule has 0 saturated carbocycles. The lowest BCUT2D eigenvalue weighted by Crippen LogP contribution is -2.28. The minimum Gasteiger partial charge on any atom is -0.414 e. The van der Waals surface area contributed by atoms with Crippen LogP contribution in [0.2, 0.25) is 0 Å². The largest absolute Gasteiger partial charge is 0.414 e. The third kappa shape index (κ3) is 26.3. The second-order valence-corrected chi connectivity index (χ2v) is 45.0. The number of rotatable bonds is 35. The average molecular weight is 2110 g/mol. The number of hydrogen-bond acceptors (Lipinski definition) is 37. The first-order valence-electron chi connectivity index (χ1n) is 46.2. The van der Waals surface area contributed by atoms with Crippen LogP contribution in [0.3, 0.4) is 0 Å². The van der Waals surface area contributed by atoms with E-state index in [2.05, 4.69) is 102 Å². The number of alkyl halides is 3. The summed E-state index contributed by atoms with van der Waals surface area (Å²) in [6, 6.07) is 43.7. The Morgan fingerprint density at radius 3 is 0.804 bits per heavy atom. The molecule has 0 amide bonds. The van der Waals surface area contributed by atoms with Crippen molar-refractivity contribution in [1.29, 1.82) is 0 Å². The van der Waals surface area contributed by atoms with Crippen molar-refractivity contribution in [2.75, 3.05) is 62.5 Å². The van der Waals surface area contributed by atoms with Crippen LogP contribution in [-0.4, -0.2) is 193 Å². The van der Waals surface area contributed by atoms with Crippen LogP contribution in [0.4, 0.5) is 54.0 Å². The zero-order valence-corrected chi connectivity index (χ0v) is 84.6. The molecule has 1 fully saturated rings. The zero-order chi connectivity index (χ0) is 106. The van der Waals surface area contributed by atoms with Gasteiger partial charge in [0.25, 0.3) is 47.1 Å². The van der Waals surface area contributed by atoms with E-state index >= 15 is 0 Å². The average Bonchev–Trinajstić information content (AvgIpc) is 1.49. The van der Waals surface area contributed by atoms with E-state index in [1.54, 1.807) is 134 Å². The zero-order valence-electron chi connectivity index (χ0n) is 81.3. The number of anilines is 4. The first-order valence-corrected chi connectivity index (χ1v) is 52.4. The number of nitrogens with two attached hydrogens (primary N) is 4. The van der Waals surface area contributed by atoms with Gasteiger partial charge in [0.15, 0.2) is 85.4 Å². The van der Waals surface area contributed by atoms with E-state index in [0.717, 1.165) is 18.6 Å². The van der Waals surface area contributed by atoms with Crippen LogP contribution in [0, 0.1) is 23.3 Å². The third-order valence-electron chi connectivity index (χ3n) is 22.8. The maximum atomic E-state index is 14.9. The fraction of sp³-hybridized carbons (Fsp3) is 0.280. The summed E-state index contributed by atoms with van der Waals surface area (Å²) < 4.78 is 224. The van der Waals surface area contributed by atoms with Crippen LogP contribution >= 0.6 is 0 Å². The van der Waals surface area contributed by atoms with Gasteiger partial charge in [-0.1, -0.05) is 72.8 Å². The highest BCUT2D eigenvalue weighted by molar-refractivity contribution is 7.93. The second kappa shape index (κ2) is 47.6. The summed E-state index contributed by atoms with van der Waals surface area (Å²) in [5, 5.41) is 41.5.